The van der Waals surface area contributed by atoms with Gasteiger partial charge in [-0.15, -0.1) is 0 Å². The highest BCUT2D eigenvalue weighted by Gasteiger charge is 2.38. The number of allylic oxidation sites excluding steroid dienone is 2. The van der Waals surface area contributed by atoms with Crippen LogP contribution in [-0.2, 0) is 10.5 Å². The van der Waals surface area contributed by atoms with Gasteiger partial charge < -0.3 is 14.3 Å². The zero-order valence-electron chi connectivity index (χ0n) is 21.2. The molecule has 0 radical (unpaired) electrons. The highest BCUT2D eigenvalue weighted by atomic mass is 28.4. The smallest absolute Gasteiger partial charge is 0.173 e. The van der Waals surface area contributed by atoms with E-state index in [1.54, 1.807) is 0 Å². The molecular formula is C26H46O3Si2. The molecule has 0 aromatic heterocycles. The number of hydrogen-bond donors (Lipinski definition) is 2. The van der Waals surface area contributed by atoms with Gasteiger partial charge in [-0.1, -0.05) is 38.3 Å². The first-order valence-corrected chi connectivity index (χ1v) is 18.8. The number of aromatic hydroxyl groups is 2. The Morgan fingerprint density at radius 1 is 1.06 bits per heavy atom. The van der Waals surface area contributed by atoms with E-state index in [9.17, 15) is 10.2 Å². The molecule has 0 amide bonds. The maximum Gasteiger partial charge on any atom is 0.173 e. The van der Waals surface area contributed by atoms with Gasteiger partial charge in [0.1, 0.15) is 11.5 Å². The molecule has 0 heterocycles. The van der Waals surface area contributed by atoms with E-state index >= 15 is 0 Å². The molecule has 0 fully saturated rings. The van der Waals surface area contributed by atoms with E-state index in [2.05, 4.69) is 59.6 Å². The van der Waals surface area contributed by atoms with Crippen molar-refractivity contribution in [3.8, 4) is 11.5 Å². The molecule has 3 atom stereocenters. The lowest BCUT2D eigenvalue weighted by molar-refractivity contribution is 0.297. The van der Waals surface area contributed by atoms with Gasteiger partial charge in [0, 0.05) is 11.5 Å². The Kier molecular flexibility index (Phi) is 9.06. The lowest BCUT2D eigenvalue weighted by Crippen LogP contribution is -2.44. The second kappa shape index (κ2) is 10.7. The van der Waals surface area contributed by atoms with Gasteiger partial charge in [0.15, 0.2) is 16.6 Å². The number of phenols is 2. The van der Waals surface area contributed by atoms with Crippen LogP contribution in [0.5, 0.6) is 11.5 Å². The number of aryl methyl sites for hydroxylation is 1. The standard InChI is InChI=1S/C26H46O3Si2/c1-9-10-11-12-21-16-24(27)26(25(28)17-21)23-15-19(2)13-14-22(23)20(3)18-31(7,8)29-30(4,5)6/h15-17,20,22-23,27-28H,9-14,18H2,1-8H3/t20?,22-,23+/m0/s1. The SMILES string of the molecule is CCCCCc1cc(O)c([C@@H]2C=C(C)CC[C@H]2C(C)C[Si](C)(C)O[Si](C)(C)C)c(O)c1. The van der Waals surface area contributed by atoms with Gasteiger partial charge in [0.05, 0.1) is 0 Å². The predicted molar refractivity (Wildman–Crippen MR) is 138 cm³/mol. The third-order valence-corrected chi connectivity index (χ3v) is 12.8. The summed E-state index contributed by atoms with van der Waals surface area (Å²) in [5.41, 5.74) is 3.11. The van der Waals surface area contributed by atoms with Crippen molar-refractivity contribution in [2.24, 2.45) is 11.8 Å². The van der Waals surface area contributed by atoms with Crippen LogP contribution in [-0.4, -0.2) is 26.8 Å². The van der Waals surface area contributed by atoms with Crippen molar-refractivity contribution in [1.29, 1.82) is 0 Å². The number of unbranched alkanes of at least 4 members (excludes halogenated alkanes) is 2. The van der Waals surface area contributed by atoms with E-state index in [-0.39, 0.29) is 17.4 Å². The first-order chi connectivity index (χ1) is 14.3. The summed E-state index contributed by atoms with van der Waals surface area (Å²) in [6, 6.07) is 4.89. The highest BCUT2D eigenvalue weighted by Crippen LogP contribution is 2.48. The fraction of sp³-hybridized carbons (Fsp3) is 0.692. The topological polar surface area (TPSA) is 49.7 Å². The molecule has 5 heteroatoms. The van der Waals surface area contributed by atoms with Crippen molar-refractivity contribution in [2.45, 2.75) is 104 Å². The summed E-state index contributed by atoms with van der Waals surface area (Å²) in [6.45, 7) is 18.2. The molecule has 2 rings (SSSR count). The number of benzene rings is 1. The molecule has 1 unspecified atom stereocenters. The minimum Gasteiger partial charge on any atom is -0.507 e. The number of hydrogen-bond acceptors (Lipinski definition) is 3. The summed E-state index contributed by atoms with van der Waals surface area (Å²) in [6.07, 6.45) is 8.83. The molecule has 0 aliphatic heterocycles. The second-order valence-electron chi connectivity index (χ2n) is 11.4. The van der Waals surface area contributed by atoms with E-state index in [1.165, 1.54) is 18.4 Å². The molecule has 1 aromatic carbocycles. The molecule has 0 spiro atoms. The van der Waals surface area contributed by atoms with Crippen LogP contribution in [0.15, 0.2) is 23.8 Å². The molecule has 0 saturated carbocycles. The number of phenolic OH excluding ortho intramolecular Hbond substituents is 2. The van der Waals surface area contributed by atoms with Crippen molar-refractivity contribution in [1.82, 2.24) is 0 Å². The fourth-order valence-electron chi connectivity index (χ4n) is 5.57. The Morgan fingerprint density at radius 3 is 2.23 bits per heavy atom. The quantitative estimate of drug-likeness (QED) is 0.210. The van der Waals surface area contributed by atoms with E-state index < -0.39 is 16.6 Å². The normalized spacial score (nSPS) is 21.1. The molecule has 3 nitrogen and oxygen atoms in total. The van der Waals surface area contributed by atoms with Crippen molar-refractivity contribution >= 4 is 16.6 Å². The van der Waals surface area contributed by atoms with Crippen LogP contribution in [0.2, 0.25) is 38.8 Å². The first kappa shape index (κ1) is 26.2. The molecule has 0 bridgehead atoms. The second-order valence-corrected chi connectivity index (χ2v) is 20.4. The van der Waals surface area contributed by atoms with Gasteiger partial charge >= 0.3 is 0 Å². The Labute approximate surface area is 193 Å². The Balaban J connectivity index is 2.29. The Hall–Kier alpha value is -1.05. The van der Waals surface area contributed by atoms with Crippen LogP contribution in [0.1, 0.15) is 69.9 Å². The minimum atomic E-state index is -1.77. The third kappa shape index (κ3) is 7.79. The average molecular weight is 463 g/mol. The Morgan fingerprint density at radius 2 is 1.68 bits per heavy atom. The summed E-state index contributed by atoms with van der Waals surface area (Å²) < 4.78 is 6.62. The number of rotatable bonds is 10. The van der Waals surface area contributed by atoms with Crippen LogP contribution in [0, 0.1) is 11.8 Å². The van der Waals surface area contributed by atoms with E-state index in [0.29, 0.717) is 11.8 Å². The Bertz CT molecular complexity index is 741. The van der Waals surface area contributed by atoms with Gasteiger partial charge in [0.25, 0.3) is 0 Å². The summed E-state index contributed by atoms with van der Waals surface area (Å²) >= 11 is 0. The summed E-state index contributed by atoms with van der Waals surface area (Å²) in [7, 11) is -3.34. The third-order valence-electron chi connectivity index (χ3n) is 6.52. The van der Waals surface area contributed by atoms with Crippen molar-refractivity contribution < 1.29 is 14.3 Å². The largest absolute Gasteiger partial charge is 0.507 e. The summed E-state index contributed by atoms with van der Waals surface area (Å²) in [5, 5.41) is 21.9. The molecule has 176 valence electrons. The predicted octanol–water partition coefficient (Wildman–Crippen LogP) is 7.96. The average Bonchev–Trinajstić information content (AvgIpc) is 2.58. The zero-order chi connectivity index (χ0) is 23.4. The molecule has 1 aliphatic carbocycles. The van der Waals surface area contributed by atoms with Crippen LogP contribution < -0.4 is 0 Å². The maximum atomic E-state index is 11.0. The van der Waals surface area contributed by atoms with Crippen molar-refractivity contribution in [3.05, 3.63) is 34.9 Å². The molecule has 0 saturated heterocycles. The molecule has 2 N–H and O–H groups in total. The summed E-state index contributed by atoms with van der Waals surface area (Å²) in [5.74, 6) is 1.47. The minimum absolute atomic E-state index is 0.0603. The van der Waals surface area contributed by atoms with E-state index in [1.807, 2.05) is 12.1 Å². The van der Waals surface area contributed by atoms with Crippen molar-refractivity contribution in [3.63, 3.8) is 0 Å². The monoisotopic (exact) mass is 462 g/mol. The molecule has 1 aromatic rings. The molecule has 31 heavy (non-hydrogen) atoms. The van der Waals surface area contributed by atoms with Gasteiger partial charge in [-0.2, -0.15) is 0 Å². The summed E-state index contributed by atoms with van der Waals surface area (Å²) in [4.78, 5) is 0. The van der Waals surface area contributed by atoms with Gasteiger partial charge in [-0.25, -0.2) is 0 Å². The van der Waals surface area contributed by atoms with Crippen molar-refractivity contribution in [2.75, 3.05) is 0 Å². The van der Waals surface area contributed by atoms with Crippen LogP contribution >= 0.6 is 0 Å². The molecule has 1 aliphatic rings. The van der Waals surface area contributed by atoms with E-state index in [0.717, 1.165) is 42.9 Å². The molecular weight excluding hydrogens is 416 g/mol. The lowest BCUT2D eigenvalue weighted by Gasteiger charge is -2.39. The van der Waals surface area contributed by atoms with Gasteiger partial charge in [-0.05, 0) is 101 Å². The first-order valence-electron chi connectivity index (χ1n) is 12.2. The fourth-order valence-corrected chi connectivity index (χ4v) is 14.4. The van der Waals surface area contributed by atoms with Crippen LogP contribution in [0.4, 0.5) is 0 Å². The van der Waals surface area contributed by atoms with Crippen LogP contribution in [0.3, 0.4) is 0 Å². The van der Waals surface area contributed by atoms with Crippen LogP contribution in [0.25, 0.3) is 0 Å². The van der Waals surface area contributed by atoms with Gasteiger partial charge in [0.2, 0.25) is 0 Å². The lowest BCUT2D eigenvalue weighted by atomic mass is 9.71. The zero-order valence-corrected chi connectivity index (χ0v) is 23.2. The highest BCUT2D eigenvalue weighted by molar-refractivity contribution is 6.84. The van der Waals surface area contributed by atoms with E-state index in [4.69, 9.17) is 4.12 Å². The maximum absolute atomic E-state index is 11.0. The van der Waals surface area contributed by atoms with Gasteiger partial charge in [-0.3, -0.25) is 0 Å².